The summed E-state index contributed by atoms with van der Waals surface area (Å²) >= 11 is 0. The van der Waals surface area contributed by atoms with Crippen molar-refractivity contribution < 1.29 is 22.7 Å². The van der Waals surface area contributed by atoms with E-state index in [1.807, 2.05) is 0 Å². The van der Waals surface area contributed by atoms with Crippen molar-refractivity contribution in [2.75, 3.05) is 0 Å². The Morgan fingerprint density at radius 1 is 1.05 bits per heavy atom. The zero-order valence-electron chi connectivity index (χ0n) is 10.6. The summed E-state index contributed by atoms with van der Waals surface area (Å²) in [6.07, 6.45) is -0.943. The number of halogens is 3. The van der Waals surface area contributed by atoms with Gasteiger partial charge in [0.2, 0.25) is 5.78 Å². The fraction of sp³-hybridized carbons (Fsp3) is 0.133. The molecule has 0 bridgehead atoms. The number of Topliss-reactive ketones (excluding diaryl/α,β-unsaturated/α-hetero) is 1. The summed E-state index contributed by atoms with van der Waals surface area (Å²) in [5.41, 5.74) is -0.00666. The van der Waals surface area contributed by atoms with Gasteiger partial charge in [-0.1, -0.05) is 6.07 Å². The molecule has 0 aliphatic rings. The number of hydrogen-bond acceptors (Lipinski definition) is 2. The van der Waals surface area contributed by atoms with E-state index in [0.29, 0.717) is 0 Å². The van der Waals surface area contributed by atoms with Crippen LogP contribution < -0.4 is 4.74 Å². The first-order chi connectivity index (χ1) is 9.47. The molecule has 0 heterocycles. The third kappa shape index (κ3) is 3.17. The molecule has 0 spiro atoms. The van der Waals surface area contributed by atoms with Crippen molar-refractivity contribution in [1.82, 2.24) is 0 Å². The molecule has 20 heavy (non-hydrogen) atoms. The molecule has 0 aromatic heterocycles. The molecule has 0 saturated heterocycles. The summed E-state index contributed by atoms with van der Waals surface area (Å²) in [5, 5.41) is 0. The van der Waals surface area contributed by atoms with Gasteiger partial charge >= 0.3 is 0 Å². The lowest BCUT2D eigenvalue weighted by molar-refractivity contribution is 0.0817. The maximum Gasteiger partial charge on any atom is 0.203 e. The molecule has 0 aliphatic carbocycles. The standard InChI is InChI=1S/C15H11F3O2/c1-9(20-12-4-2-3-11(16)8-12)15(19)10-5-6-13(17)14(18)7-10/h2-9H,1H3. The van der Waals surface area contributed by atoms with Crippen molar-refractivity contribution in [3.05, 3.63) is 65.5 Å². The maximum atomic E-state index is 13.1. The van der Waals surface area contributed by atoms with E-state index in [4.69, 9.17) is 4.74 Å². The van der Waals surface area contributed by atoms with Crippen LogP contribution in [-0.2, 0) is 0 Å². The van der Waals surface area contributed by atoms with Crippen LogP contribution >= 0.6 is 0 Å². The third-order valence-electron chi connectivity index (χ3n) is 2.68. The van der Waals surface area contributed by atoms with Crippen LogP contribution in [0.25, 0.3) is 0 Å². The second-order valence-corrected chi connectivity index (χ2v) is 4.21. The second kappa shape index (κ2) is 5.77. The van der Waals surface area contributed by atoms with Gasteiger partial charge in [0.1, 0.15) is 11.6 Å². The van der Waals surface area contributed by atoms with Crippen molar-refractivity contribution in [1.29, 1.82) is 0 Å². The highest BCUT2D eigenvalue weighted by Gasteiger charge is 2.18. The van der Waals surface area contributed by atoms with Crippen LogP contribution in [-0.4, -0.2) is 11.9 Å². The van der Waals surface area contributed by atoms with E-state index in [9.17, 15) is 18.0 Å². The van der Waals surface area contributed by atoms with Crippen molar-refractivity contribution in [2.45, 2.75) is 13.0 Å². The topological polar surface area (TPSA) is 26.3 Å². The zero-order valence-corrected chi connectivity index (χ0v) is 10.6. The summed E-state index contributed by atoms with van der Waals surface area (Å²) in [6.45, 7) is 1.45. The molecule has 0 aliphatic heterocycles. The number of ether oxygens (including phenoxy) is 1. The van der Waals surface area contributed by atoms with Gasteiger partial charge in [0, 0.05) is 11.6 Å². The van der Waals surface area contributed by atoms with Gasteiger partial charge in [-0.25, -0.2) is 13.2 Å². The number of carbonyl (C=O) groups is 1. The molecule has 0 radical (unpaired) electrons. The number of rotatable bonds is 4. The SMILES string of the molecule is CC(Oc1cccc(F)c1)C(=O)c1ccc(F)c(F)c1. The Labute approximate surface area is 113 Å². The lowest BCUT2D eigenvalue weighted by Gasteiger charge is -2.13. The van der Waals surface area contributed by atoms with Crippen LogP contribution in [0.15, 0.2) is 42.5 Å². The van der Waals surface area contributed by atoms with Gasteiger partial charge in [0.05, 0.1) is 0 Å². The molecule has 0 fully saturated rings. The lowest BCUT2D eigenvalue weighted by atomic mass is 10.1. The fourth-order valence-electron chi connectivity index (χ4n) is 1.68. The Bertz CT molecular complexity index is 641. The van der Waals surface area contributed by atoms with Crippen LogP contribution in [0.5, 0.6) is 5.75 Å². The Balaban J connectivity index is 2.14. The molecule has 2 nitrogen and oxygen atoms in total. The minimum atomic E-state index is -1.10. The van der Waals surface area contributed by atoms with Gasteiger partial charge in [-0.2, -0.15) is 0 Å². The number of carbonyl (C=O) groups excluding carboxylic acids is 1. The molecule has 2 aromatic rings. The molecule has 5 heteroatoms. The van der Waals surface area contributed by atoms with Crippen molar-refractivity contribution in [3.63, 3.8) is 0 Å². The number of benzene rings is 2. The highest BCUT2D eigenvalue weighted by molar-refractivity contribution is 5.99. The Morgan fingerprint density at radius 2 is 1.80 bits per heavy atom. The Kier molecular flexibility index (Phi) is 4.08. The van der Waals surface area contributed by atoms with E-state index in [2.05, 4.69) is 0 Å². The van der Waals surface area contributed by atoms with Gasteiger partial charge in [-0.15, -0.1) is 0 Å². The van der Waals surface area contributed by atoms with E-state index in [1.54, 1.807) is 0 Å². The monoisotopic (exact) mass is 280 g/mol. The maximum absolute atomic E-state index is 13.1. The molecule has 0 saturated carbocycles. The normalized spacial score (nSPS) is 12.0. The summed E-state index contributed by atoms with van der Waals surface area (Å²) in [5.74, 6) is -2.95. The Morgan fingerprint density at radius 3 is 2.45 bits per heavy atom. The van der Waals surface area contributed by atoms with E-state index in [0.717, 1.165) is 18.2 Å². The second-order valence-electron chi connectivity index (χ2n) is 4.21. The Hall–Kier alpha value is -2.30. The predicted molar refractivity (Wildman–Crippen MR) is 67.2 cm³/mol. The minimum absolute atomic E-state index is 0.00666. The highest BCUT2D eigenvalue weighted by atomic mass is 19.2. The van der Waals surface area contributed by atoms with Crippen molar-refractivity contribution in [2.24, 2.45) is 0 Å². The van der Waals surface area contributed by atoms with Gasteiger partial charge in [-0.05, 0) is 37.3 Å². The third-order valence-corrected chi connectivity index (χ3v) is 2.68. The van der Waals surface area contributed by atoms with E-state index >= 15 is 0 Å². The van der Waals surface area contributed by atoms with Crippen LogP contribution in [0, 0.1) is 17.5 Å². The lowest BCUT2D eigenvalue weighted by Crippen LogP contribution is -2.24. The largest absolute Gasteiger partial charge is 0.482 e. The van der Waals surface area contributed by atoms with E-state index in [-0.39, 0.29) is 11.3 Å². The van der Waals surface area contributed by atoms with Crippen molar-refractivity contribution >= 4 is 5.78 Å². The fourth-order valence-corrected chi connectivity index (χ4v) is 1.68. The van der Waals surface area contributed by atoms with Crippen LogP contribution in [0.3, 0.4) is 0 Å². The summed E-state index contributed by atoms with van der Waals surface area (Å²) in [4.78, 5) is 12.0. The number of ketones is 1. The van der Waals surface area contributed by atoms with Gasteiger partial charge in [0.15, 0.2) is 17.7 Å². The number of hydrogen-bond donors (Lipinski definition) is 0. The van der Waals surface area contributed by atoms with Gasteiger partial charge < -0.3 is 4.74 Å². The van der Waals surface area contributed by atoms with Gasteiger partial charge in [0.25, 0.3) is 0 Å². The summed E-state index contributed by atoms with van der Waals surface area (Å²) in [6, 6.07) is 8.17. The molecule has 1 atom stereocenters. The molecule has 0 amide bonds. The molecule has 1 unspecified atom stereocenters. The van der Waals surface area contributed by atoms with Crippen molar-refractivity contribution in [3.8, 4) is 5.75 Å². The van der Waals surface area contributed by atoms with E-state index < -0.39 is 29.3 Å². The summed E-state index contributed by atoms with van der Waals surface area (Å²) in [7, 11) is 0. The average Bonchev–Trinajstić information content (AvgIpc) is 2.41. The first-order valence-electron chi connectivity index (χ1n) is 5.89. The van der Waals surface area contributed by atoms with Crippen LogP contribution in [0.4, 0.5) is 13.2 Å². The summed E-state index contributed by atoms with van der Waals surface area (Å²) < 4.78 is 44.1. The molecule has 104 valence electrons. The average molecular weight is 280 g/mol. The van der Waals surface area contributed by atoms with Crippen LogP contribution in [0.1, 0.15) is 17.3 Å². The predicted octanol–water partition coefficient (Wildman–Crippen LogP) is 3.75. The first-order valence-corrected chi connectivity index (χ1v) is 5.89. The molecular weight excluding hydrogens is 269 g/mol. The molecule has 2 aromatic carbocycles. The molecule has 2 rings (SSSR count). The minimum Gasteiger partial charge on any atom is -0.482 e. The molecular formula is C15H11F3O2. The van der Waals surface area contributed by atoms with Gasteiger partial charge in [-0.3, -0.25) is 4.79 Å². The quantitative estimate of drug-likeness (QED) is 0.797. The first kappa shape index (κ1) is 14.1. The van der Waals surface area contributed by atoms with E-state index in [1.165, 1.54) is 31.2 Å². The smallest absolute Gasteiger partial charge is 0.203 e. The zero-order chi connectivity index (χ0) is 14.7. The highest BCUT2D eigenvalue weighted by Crippen LogP contribution is 2.17. The van der Waals surface area contributed by atoms with Crippen LogP contribution in [0.2, 0.25) is 0 Å². The molecule has 0 N–H and O–H groups in total.